The minimum absolute atomic E-state index is 0.00223. The van der Waals surface area contributed by atoms with Gasteiger partial charge in [-0.15, -0.1) is 0 Å². The first-order valence-electron chi connectivity index (χ1n) is 9.17. The molecule has 4 heterocycles. The third-order valence-electron chi connectivity index (χ3n) is 5.33. The first-order chi connectivity index (χ1) is 13.1. The molecule has 3 aromatic heterocycles. The Morgan fingerprint density at radius 1 is 1.15 bits per heavy atom. The fourth-order valence-electron chi connectivity index (χ4n) is 4.07. The van der Waals surface area contributed by atoms with Crippen molar-refractivity contribution in [1.82, 2.24) is 24.1 Å². The van der Waals surface area contributed by atoms with Crippen molar-refractivity contribution in [2.75, 3.05) is 11.4 Å². The number of aromatic nitrogens is 5. The Balaban J connectivity index is 1.69. The Kier molecular flexibility index (Phi) is 3.50. The molecule has 0 spiro atoms. The average molecular weight is 360 g/mol. The Hall–Kier alpha value is -3.22. The summed E-state index contributed by atoms with van der Waals surface area (Å²) >= 11 is 0. The SMILES string of the molecule is Cc1cc(N2CCCC2c2nc3ccccc3c(=O)n2C)n2nccc2n1. The number of fused-ring (bicyclic) bond motifs is 2. The number of benzene rings is 1. The summed E-state index contributed by atoms with van der Waals surface area (Å²) in [5, 5.41) is 5.10. The van der Waals surface area contributed by atoms with Crippen molar-refractivity contribution in [2.24, 2.45) is 7.05 Å². The van der Waals surface area contributed by atoms with E-state index in [4.69, 9.17) is 4.98 Å². The topological polar surface area (TPSA) is 68.3 Å². The Labute approximate surface area is 155 Å². The first-order valence-corrected chi connectivity index (χ1v) is 9.17. The van der Waals surface area contributed by atoms with E-state index in [1.54, 1.807) is 10.8 Å². The molecule has 0 amide bonds. The van der Waals surface area contributed by atoms with Gasteiger partial charge in [0.05, 0.1) is 23.1 Å². The second kappa shape index (κ2) is 5.90. The third-order valence-corrected chi connectivity index (χ3v) is 5.33. The molecular formula is C20H20N6O. The van der Waals surface area contributed by atoms with Crippen LogP contribution in [0.3, 0.4) is 0 Å². The minimum Gasteiger partial charge on any atom is -0.346 e. The van der Waals surface area contributed by atoms with Gasteiger partial charge in [0.15, 0.2) is 5.65 Å². The summed E-state index contributed by atoms with van der Waals surface area (Å²) < 4.78 is 3.56. The number of hydrogen-bond donors (Lipinski definition) is 0. The van der Waals surface area contributed by atoms with E-state index < -0.39 is 0 Å². The van der Waals surface area contributed by atoms with Gasteiger partial charge >= 0.3 is 0 Å². The van der Waals surface area contributed by atoms with Crippen LogP contribution in [0.5, 0.6) is 0 Å². The molecule has 0 aliphatic carbocycles. The van der Waals surface area contributed by atoms with Crippen molar-refractivity contribution in [3.8, 4) is 0 Å². The lowest BCUT2D eigenvalue weighted by Crippen LogP contribution is -2.32. The van der Waals surface area contributed by atoms with E-state index in [1.165, 1.54) is 0 Å². The molecule has 1 atom stereocenters. The van der Waals surface area contributed by atoms with E-state index >= 15 is 0 Å². The maximum Gasteiger partial charge on any atom is 0.261 e. The van der Waals surface area contributed by atoms with Crippen molar-refractivity contribution in [3.63, 3.8) is 0 Å². The smallest absolute Gasteiger partial charge is 0.261 e. The molecule has 7 nitrogen and oxygen atoms in total. The fraction of sp³-hybridized carbons (Fsp3) is 0.300. The van der Waals surface area contributed by atoms with Crippen LogP contribution in [0, 0.1) is 6.92 Å². The van der Waals surface area contributed by atoms with Crippen molar-refractivity contribution in [3.05, 3.63) is 64.5 Å². The predicted octanol–water partition coefficient (Wildman–Crippen LogP) is 2.63. The molecule has 0 N–H and O–H groups in total. The molecule has 7 heteroatoms. The number of para-hydroxylation sites is 1. The summed E-state index contributed by atoms with van der Waals surface area (Å²) in [7, 11) is 1.81. The van der Waals surface area contributed by atoms with E-state index in [9.17, 15) is 4.79 Å². The van der Waals surface area contributed by atoms with Crippen LogP contribution in [-0.2, 0) is 7.05 Å². The van der Waals surface area contributed by atoms with Crippen LogP contribution in [0.2, 0.25) is 0 Å². The fourth-order valence-corrected chi connectivity index (χ4v) is 4.07. The van der Waals surface area contributed by atoms with E-state index in [1.807, 2.05) is 48.8 Å². The number of rotatable bonds is 2. The molecule has 1 aliphatic heterocycles. The maximum absolute atomic E-state index is 12.9. The van der Waals surface area contributed by atoms with E-state index in [0.717, 1.165) is 47.9 Å². The van der Waals surface area contributed by atoms with Gasteiger partial charge in [0.25, 0.3) is 5.56 Å². The summed E-state index contributed by atoms with van der Waals surface area (Å²) in [5.41, 5.74) is 2.52. The van der Waals surface area contributed by atoms with E-state index in [2.05, 4.69) is 21.0 Å². The average Bonchev–Trinajstić information content (AvgIpc) is 3.33. The molecule has 5 rings (SSSR count). The molecule has 1 aliphatic rings. The Morgan fingerprint density at radius 3 is 2.89 bits per heavy atom. The lowest BCUT2D eigenvalue weighted by atomic mass is 10.1. The van der Waals surface area contributed by atoms with Crippen LogP contribution in [-0.4, -0.2) is 30.7 Å². The summed E-state index contributed by atoms with van der Waals surface area (Å²) in [6.07, 6.45) is 3.75. The molecule has 136 valence electrons. The molecule has 0 bridgehead atoms. The molecule has 0 radical (unpaired) electrons. The summed E-state index contributed by atoms with van der Waals surface area (Å²) in [6.45, 7) is 2.89. The quantitative estimate of drug-likeness (QED) is 0.550. The molecule has 1 unspecified atom stereocenters. The highest BCUT2D eigenvalue weighted by Crippen LogP contribution is 2.35. The number of anilines is 1. The first kappa shape index (κ1) is 16.0. The van der Waals surface area contributed by atoms with Gasteiger partial charge in [-0.25, -0.2) is 9.97 Å². The van der Waals surface area contributed by atoms with Gasteiger partial charge in [-0.2, -0.15) is 9.61 Å². The van der Waals surface area contributed by atoms with Crippen LogP contribution in [0.1, 0.15) is 30.4 Å². The zero-order chi connectivity index (χ0) is 18.5. The van der Waals surface area contributed by atoms with Crippen molar-refractivity contribution >= 4 is 22.4 Å². The van der Waals surface area contributed by atoms with Crippen molar-refractivity contribution < 1.29 is 0 Å². The van der Waals surface area contributed by atoms with Gasteiger partial charge in [0.1, 0.15) is 11.6 Å². The van der Waals surface area contributed by atoms with Crippen LogP contribution < -0.4 is 10.5 Å². The van der Waals surface area contributed by atoms with Crippen molar-refractivity contribution in [2.45, 2.75) is 25.8 Å². The molecule has 27 heavy (non-hydrogen) atoms. The molecule has 1 aromatic carbocycles. The minimum atomic E-state index is -0.00223. The second-order valence-corrected chi connectivity index (χ2v) is 7.06. The van der Waals surface area contributed by atoms with Gasteiger partial charge < -0.3 is 4.90 Å². The summed E-state index contributed by atoms with van der Waals surface area (Å²) in [5.74, 6) is 1.79. The van der Waals surface area contributed by atoms with Gasteiger partial charge in [-0.1, -0.05) is 12.1 Å². The van der Waals surface area contributed by atoms with Gasteiger partial charge in [0.2, 0.25) is 0 Å². The Morgan fingerprint density at radius 2 is 2.00 bits per heavy atom. The van der Waals surface area contributed by atoms with Gasteiger partial charge in [-0.3, -0.25) is 9.36 Å². The zero-order valence-corrected chi connectivity index (χ0v) is 15.3. The lowest BCUT2D eigenvalue weighted by molar-refractivity contribution is 0.602. The molecular weight excluding hydrogens is 340 g/mol. The number of aryl methyl sites for hydroxylation is 1. The van der Waals surface area contributed by atoms with Gasteiger partial charge in [0, 0.05) is 31.4 Å². The van der Waals surface area contributed by atoms with Crippen molar-refractivity contribution in [1.29, 1.82) is 0 Å². The van der Waals surface area contributed by atoms with Gasteiger partial charge in [-0.05, 0) is 31.9 Å². The highest BCUT2D eigenvalue weighted by Gasteiger charge is 2.31. The summed E-state index contributed by atoms with van der Waals surface area (Å²) in [4.78, 5) is 24.5. The number of hydrogen-bond acceptors (Lipinski definition) is 5. The van der Waals surface area contributed by atoms with E-state index in [0.29, 0.717) is 5.39 Å². The maximum atomic E-state index is 12.9. The third kappa shape index (κ3) is 2.42. The normalized spacial score (nSPS) is 17.3. The predicted molar refractivity (Wildman–Crippen MR) is 104 cm³/mol. The monoisotopic (exact) mass is 360 g/mol. The molecule has 1 saturated heterocycles. The van der Waals surface area contributed by atoms with Crippen LogP contribution in [0.25, 0.3) is 16.6 Å². The highest BCUT2D eigenvalue weighted by atomic mass is 16.1. The van der Waals surface area contributed by atoms with E-state index in [-0.39, 0.29) is 11.6 Å². The zero-order valence-electron chi connectivity index (χ0n) is 15.3. The highest BCUT2D eigenvalue weighted by molar-refractivity contribution is 5.77. The number of nitrogens with zero attached hydrogens (tertiary/aromatic N) is 6. The Bertz CT molecular complexity index is 1220. The summed E-state index contributed by atoms with van der Waals surface area (Å²) in [6, 6.07) is 11.5. The second-order valence-electron chi connectivity index (χ2n) is 7.06. The largest absolute Gasteiger partial charge is 0.346 e. The van der Waals surface area contributed by atoms with Crippen LogP contribution in [0.4, 0.5) is 5.82 Å². The lowest BCUT2D eigenvalue weighted by Gasteiger charge is -2.28. The molecule has 0 saturated carbocycles. The molecule has 1 fully saturated rings. The van der Waals surface area contributed by atoms with Crippen LogP contribution in [0.15, 0.2) is 47.4 Å². The van der Waals surface area contributed by atoms with Crippen LogP contribution >= 0.6 is 0 Å². The molecule has 4 aromatic rings. The standard InChI is InChI=1S/C20H20N6O/c1-13-12-18(26-17(22-13)9-10-21-26)25-11-5-8-16(25)19-23-15-7-4-3-6-14(15)20(27)24(19)2/h3-4,6-7,9-10,12,16H,5,8,11H2,1-2H3.